The molecule has 0 rings (SSSR count). The van der Waals surface area contributed by atoms with Gasteiger partial charge in [0.25, 0.3) is 0 Å². The third kappa shape index (κ3) is 27.7. The van der Waals surface area contributed by atoms with Gasteiger partial charge in [-0.3, -0.25) is 0 Å². The fourth-order valence-corrected chi connectivity index (χ4v) is 2.28. The average Bonchev–Trinajstić information content (AvgIpc) is 2.74. The number of rotatable bonds is 26. The van der Waals surface area contributed by atoms with Gasteiger partial charge in [0.2, 0.25) is 0 Å². The zero-order valence-corrected chi connectivity index (χ0v) is 18.6. The molecule has 0 spiro atoms. The molecule has 0 heterocycles. The van der Waals surface area contributed by atoms with Gasteiger partial charge in [0, 0.05) is 26.4 Å². The Morgan fingerprint density at radius 1 is 0.379 bits per heavy atom. The maximum Gasteiger partial charge on any atom is 0.0701 e. The lowest BCUT2D eigenvalue weighted by molar-refractivity contribution is -0.0169. The lowest BCUT2D eigenvalue weighted by Gasteiger charge is -2.08. The molecule has 0 unspecified atom stereocenters. The summed E-state index contributed by atoms with van der Waals surface area (Å²) in [4.78, 5) is 0. The lowest BCUT2D eigenvalue weighted by Crippen LogP contribution is -2.14. The molecule has 8 nitrogen and oxygen atoms in total. The normalized spacial score (nSPS) is 11.4. The summed E-state index contributed by atoms with van der Waals surface area (Å²) in [6.07, 6.45) is 5.34. The van der Waals surface area contributed by atoms with E-state index in [-0.39, 0.29) is 0 Å². The van der Waals surface area contributed by atoms with Gasteiger partial charge in [-0.15, -0.1) is 0 Å². The Morgan fingerprint density at radius 3 is 1.03 bits per heavy atom. The summed E-state index contributed by atoms with van der Waals surface area (Å²) < 4.78 is 38.0. The smallest absolute Gasteiger partial charge is 0.0701 e. The second-order valence-corrected chi connectivity index (χ2v) is 6.43. The van der Waals surface area contributed by atoms with E-state index < -0.39 is 0 Å². The van der Waals surface area contributed by atoms with E-state index >= 15 is 0 Å². The Bertz CT molecular complexity index is 260. The molecule has 2 N–H and O–H groups in total. The van der Waals surface area contributed by atoms with Crippen LogP contribution in [0.25, 0.3) is 0 Å². The Hall–Kier alpha value is -0.320. The highest BCUT2D eigenvalue weighted by Gasteiger charge is 1.95. The summed E-state index contributed by atoms with van der Waals surface area (Å²) in [6, 6.07) is 0. The zero-order valence-electron chi connectivity index (χ0n) is 18.6. The monoisotopic (exact) mass is 423 g/mol. The average molecular weight is 424 g/mol. The molecule has 0 saturated heterocycles. The van der Waals surface area contributed by atoms with Gasteiger partial charge >= 0.3 is 0 Å². The van der Waals surface area contributed by atoms with Crippen molar-refractivity contribution in [2.24, 2.45) is 5.73 Å². The van der Waals surface area contributed by atoms with Gasteiger partial charge in [-0.2, -0.15) is 0 Å². The fourth-order valence-electron chi connectivity index (χ4n) is 2.28. The standard InChI is InChI=1S/C21H45NO7/c1-2-23-9-5-3-6-10-24-12-14-26-16-18-28-20-21-29-19-17-27-15-13-25-11-7-4-8-22/h2-22H2,1H3. The molecule has 0 radical (unpaired) electrons. The molecule has 0 aliphatic heterocycles. The molecule has 0 aliphatic carbocycles. The van der Waals surface area contributed by atoms with Gasteiger partial charge < -0.3 is 38.9 Å². The van der Waals surface area contributed by atoms with Gasteiger partial charge in [-0.05, 0) is 45.6 Å². The van der Waals surface area contributed by atoms with Gasteiger partial charge in [0.1, 0.15) is 0 Å². The van der Waals surface area contributed by atoms with Crippen molar-refractivity contribution < 1.29 is 33.2 Å². The third-order valence-electron chi connectivity index (χ3n) is 3.88. The van der Waals surface area contributed by atoms with Crippen molar-refractivity contribution >= 4 is 0 Å². The second kappa shape index (κ2) is 27.7. The Balaban J connectivity index is 2.97. The van der Waals surface area contributed by atoms with Crippen LogP contribution in [0.2, 0.25) is 0 Å². The molecule has 0 aromatic heterocycles. The lowest BCUT2D eigenvalue weighted by atomic mass is 10.2. The molecule has 0 aromatic rings. The second-order valence-electron chi connectivity index (χ2n) is 6.43. The molecule has 29 heavy (non-hydrogen) atoms. The summed E-state index contributed by atoms with van der Waals surface area (Å²) in [5.41, 5.74) is 5.41. The first-order valence-electron chi connectivity index (χ1n) is 11.2. The van der Waals surface area contributed by atoms with Gasteiger partial charge in [-0.25, -0.2) is 0 Å². The van der Waals surface area contributed by atoms with E-state index in [4.69, 9.17) is 38.9 Å². The first kappa shape index (κ1) is 28.7. The van der Waals surface area contributed by atoms with E-state index in [9.17, 15) is 0 Å². The van der Waals surface area contributed by atoms with E-state index in [1.165, 1.54) is 0 Å². The van der Waals surface area contributed by atoms with Crippen LogP contribution in [0.15, 0.2) is 0 Å². The molecule has 0 saturated carbocycles. The van der Waals surface area contributed by atoms with Crippen LogP contribution < -0.4 is 5.73 Å². The topological polar surface area (TPSA) is 90.6 Å². The van der Waals surface area contributed by atoms with E-state index in [0.29, 0.717) is 66.1 Å². The van der Waals surface area contributed by atoms with E-state index in [1.54, 1.807) is 0 Å². The summed E-state index contributed by atoms with van der Waals surface area (Å²) in [5, 5.41) is 0. The number of hydrogen-bond donors (Lipinski definition) is 1. The fraction of sp³-hybridized carbons (Fsp3) is 1.00. The molecule has 0 atom stereocenters. The zero-order chi connectivity index (χ0) is 21.1. The Labute approximate surface area is 177 Å². The van der Waals surface area contributed by atoms with Gasteiger partial charge in [0.05, 0.1) is 66.1 Å². The molecule has 0 amide bonds. The van der Waals surface area contributed by atoms with Crippen molar-refractivity contribution in [2.75, 3.05) is 99.0 Å². The van der Waals surface area contributed by atoms with E-state index in [1.807, 2.05) is 6.92 Å². The van der Waals surface area contributed by atoms with Crippen LogP contribution in [-0.2, 0) is 33.2 Å². The minimum atomic E-state index is 0.561. The first-order chi connectivity index (χ1) is 14.4. The van der Waals surface area contributed by atoms with E-state index in [2.05, 4.69) is 0 Å². The SMILES string of the molecule is CCOCCCCCOCCOCCOCCOCCOCCOCCCCN. The van der Waals surface area contributed by atoms with Crippen LogP contribution in [0.1, 0.15) is 39.0 Å². The minimum absolute atomic E-state index is 0.561. The molecule has 0 bridgehead atoms. The Morgan fingerprint density at radius 2 is 0.690 bits per heavy atom. The molecule has 0 aliphatic rings. The summed E-state index contributed by atoms with van der Waals surface area (Å²) in [5.74, 6) is 0. The molecular weight excluding hydrogens is 378 g/mol. The highest BCUT2D eigenvalue weighted by Crippen LogP contribution is 1.96. The number of unbranched alkanes of at least 4 members (excludes halogenated alkanes) is 3. The van der Waals surface area contributed by atoms with Crippen molar-refractivity contribution in [1.29, 1.82) is 0 Å². The van der Waals surface area contributed by atoms with Crippen molar-refractivity contribution in [1.82, 2.24) is 0 Å². The molecule has 0 fully saturated rings. The maximum absolute atomic E-state index is 5.52. The van der Waals surface area contributed by atoms with Gasteiger partial charge in [0.15, 0.2) is 0 Å². The number of ether oxygens (including phenoxy) is 7. The van der Waals surface area contributed by atoms with Crippen molar-refractivity contribution in [3.63, 3.8) is 0 Å². The molecule has 8 heteroatoms. The molecule has 0 aromatic carbocycles. The third-order valence-corrected chi connectivity index (χ3v) is 3.88. The highest BCUT2D eigenvalue weighted by molar-refractivity contribution is 4.42. The van der Waals surface area contributed by atoms with Crippen molar-refractivity contribution in [2.45, 2.75) is 39.0 Å². The van der Waals surface area contributed by atoms with Crippen molar-refractivity contribution in [3.8, 4) is 0 Å². The summed E-state index contributed by atoms with van der Waals surface area (Å²) >= 11 is 0. The predicted molar refractivity (Wildman–Crippen MR) is 114 cm³/mol. The molecule has 176 valence electrons. The van der Waals surface area contributed by atoms with E-state index in [0.717, 1.165) is 65.1 Å². The Kier molecular flexibility index (Phi) is 27.4. The van der Waals surface area contributed by atoms with Crippen LogP contribution in [0.5, 0.6) is 0 Å². The predicted octanol–water partition coefficient (Wildman–Crippen LogP) is 2.03. The number of nitrogens with two attached hydrogens (primary N) is 1. The number of hydrogen-bond acceptors (Lipinski definition) is 8. The minimum Gasteiger partial charge on any atom is -0.382 e. The van der Waals surface area contributed by atoms with Gasteiger partial charge in [-0.1, -0.05) is 0 Å². The summed E-state index contributed by atoms with van der Waals surface area (Å²) in [7, 11) is 0. The maximum atomic E-state index is 5.52. The molecular formula is C21H45NO7. The quantitative estimate of drug-likeness (QED) is 0.211. The van der Waals surface area contributed by atoms with Crippen LogP contribution >= 0.6 is 0 Å². The van der Waals surface area contributed by atoms with Crippen LogP contribution in [-0.4, -0.2) is 99.0 Å². The largest absolute Gasteiger partial charge is 0.382 e. The van der Waals surface area contributed by atoms with Crippen molar-refractivity contribution in [3.05, 3.63) is 0 Å². The highest BCUT2D eigenvalue weighted by atomic mass is 16.6. The summed E-state index contributed by atoms with van der Waals surface area (Å²) in [6.45, 7) is 11.8. The first-order valence-corrected chi connectivity index (χ1v) is 11.2. The van der Waals surface area contributed by atoms with Crippen LogP contribution in [0, 0.1) is 0 Å². The van der Waals surface area contributed by atoms with Crippen LogP contribution in [0.4, 0.5) is 0 Å². The van der Waals surface area contributed by atoms with Crippen LogP contribution in [0.3, 0.4) is 0 Å².